The van der Waals surface area contributed by atoms with Crippen LogP contribution in [0.2, 0.25) is 0 Å². The number of aromatic nitrogens is 2. The van der Waals surface area contributed by atoms with Crippen molar-refractivity contribution in [2.45, 2.75) is 51.1 Å². The van der Waals surface area contributed by atoms with Crippen molar-refractivity contribution < 1.29 is 22.7 Å². The summed E-state index contributed by atoms with van der Waals surface area (Å²) in [6, 6.07) is 4.48. The largest absolute Gasteiger partial charge is 0.490 e. The second kappa shape index (κ2) is 7.33. The molecule has 0 radical (unpaired) electrons. The third-order valence-electron chi connectivity index (χ3n) is 5.53. The lowest BCUT2D eigenvalue weighted by molar-refractivity contribution is -0.137. The summed E-state index contributed by atoms with van der Waals surface area (Å²) in [5.74, 6) is 1.45. The first kappa shape index (κ1) is 20.2. The molecule has 0 unspecified atom stereocenters. The SMILES string of the molecule is Cc1nc(NC2CC(Oc3ccc(C(F)(F)F)cc3)C2)nc2c1NC(=O)[C@H](C)N2C. The molecule has 1 fully saturated rings. The fourth-order valence-corrected chi connectivity index (χ4v) is 3.49. The lowest BCUT2D eigenvalue weighted by Crippen LogP contribution is -2.45. The molecule has 160 valence electrons. The van der Waals surface area contributed by atoms with Crippen molar-refractivity contribution in [2.75, 3.05) is 22.6 Å². The minimum atomic E-state index is -4.36. The molecule has 1 aliphatic carbocycles. The van der Waals surface area contributed by atoms with Gasteiger partial charge in [-0.15, -0.1) is 0 Å². The fourth-order valence-electron chi connectivity index (χ4n) is 3.49. The summed E-state index contributed by atoms with van der Waals surface area (Å²) in [4.78, 5) is 22.8. The zero-order valence-corrected chi connectivity index (χ0v) is 16.7. The number of hydrogen-bond acceptors (Lipinski definition) is 6. The van der Waals surface area contributed by atoms with Gasteiger partial charge in [0.15, 0.2) is 5.82 Å². The first-order valence-corrected chi connectivity index (χ1v) is 9.64. The highest BCUT2D eigenvalue weighted by Crippen LogP contribution is 2.34. The number of halogens is 3. The van der Waals surface area contributed by atoms with E-state index in [4.69, 9.17) is 4.74 Å². The van der Waals surface area contributed by atoms with E-state index in [9.17, 15) is 18.0 Å². The number of nitrogens with zero attached hydrogens (tertiary/aromatic N) is 3. The topological polar surface area (TPSA) is 79.4 Å². The van der Waals surface area contributed by atoms with Crippen LogP contribution in [0.4, 0.5) is 30.6 Å². The Bertz CT molecular complexity index is 958. The molecule has 10 heteroatoms. The number of alkyl halides is 3. The van der Waals surface area contributed by atoms with Crippen LogP contribution in [0.5, 0.6) is 5.75 Å². The van der Waals surface area contributed by atoms with Crippen LogP contribution in [0, 0.1) is 6.92 Å². The summed E-state index contributed by atoms with van der Waals surface area (Å²) in [6.45, 7) is 3.62. The van der Waals surface area contributed by atoms with Gasteiger partial charge in [0.05, 0.1) is 11.3 Å². The van der Waals surface area contributed by atoms with Crippen molar-refractivity contribution in [1.29, 1.82) is 0 Å². The van der Waals surface area contributed by atoms with Gasteiger partial charge in [0.25, 0.3) is 0 Å². The van der Waals surface area contributed by atoms with Crippen LogP contribution in [0.1, 0.15) is 31.0 Å². The number of ether oxygens (including phenoxy) is 1. The van der Waals surface area contributed by atoms with Crippen LogP contribution in [0.3, 0.4) is 0 Å². The number of amides is 1. The van der Waals surface area contributed by atoms with Gasteiger partial charge in [-0.3, -0.25) is 4.79 Å². The molecule has 1 aromatic heterocycles. The van der Waals surface area contributed by atoms with Gasteiger partial charge in [0.1, 0.15) is 23.6 Å². The molecule has 2 N–H and O–H groups in total. The Morgan fingerprint density at radius 3 is 2.50 bits per heavy atom. The highest BCUT2D eigenvalue weighted by atomic mass is 19.4. The molecule has 0 saturated heterocycles. The molecule has 1 aliphatic heterocycles. The summed E-state index contributed by atoms with van der Waals surface area (Å²) < 4.78 is 43.6. The first-order chi connectivity index (χ1) is 14.1. The van der Waals surface area contributed by atoms with Gasteiger partial charge in [0, 0.05) is 25.9 Å². The number of nitrogens with one attached hydrogen (secondary N) is 2. The molecule has 7 nitrogen and oxygen atoms in total. The van der Waals surface area contributed by atoms with Crippen LogP contribution in [0.25, 0.3) is 0 Å². The molecule has 1 aromatic carbocycles. The molecule has 1 amide bonds. The lowest BCUT2D eigenvalue weighted by atomic mass is 9.89. The van der Waals surface area contributed by atoms with Gasteiger partial charge in [-0.2, -0.15) is 18.2 Å². The molecule has 0 spiro atoms. The summed E-state index contributed by atoms with van der Waals surface area (Å²) in [5.41, 5.74) is 0.591. The minimum Gasteiger partial charge on any atom is -0.490 e. The smallest absolute Gasteiger partial charge is 0.416 e. The Balaban J connectivity index is 1.35. The zero-order chi connectivity index (χ0) is 21.6. The van der Waals surface area contributed by atoms with Crippen molar-refractivity contribution in [3.8, 4) is 5.75 Å². The maximum atomic E-state index is 12.6. The van der Waals surface area contributed by atoms with E-state index in [0.717, 1.165) is 12.1 Å². The summed E-state index contributed by atoms with van der Waals surface area (Å²) in [6.07, 6.45) is -3.07. The highest BCUT2D eigenvalue weighted by Gasteiger charge is 2.34. The Morgan fingerprint density at radius 1 is 1.20 bits per heavy atom. The van der Waals surface area contributed by atoms with Gasteiger partial charge in [0.2, 0.25) is 11.9 Å². The Labute approximate surface area is 171 Å². The number of anilines is 3. The third kappa shape index (κ3) is 3.86. The maximum Gasteiger partial charge on any atom is 0.416 e. The molecule has 1 atom stereocenters. The van der Waals surface area contributed by atoms with E-state index in [2.05, 4.69) is 20.6 Å². The van der Waals surface area contributed by atoms with Gasteiger partial charge >= 0.3 is 6.18 Å². The van der Waals surface area contributed by atoms with Crippen LogP contribution >= 0.6 is 0 Å². The molecule has 4 rings (SSSR count). The van der Waals surface area contributed by atoms with Gasteiger partial charge in [-0.1, -0.05) is 0 Å². The van der Waals surface area contributed by atoms with Gasteiger partial charge in [-0.25, -0.2) is 4.98 Å². The lowest BCUT2D eigenvalue weighted by Gasteiger charge is -2.37. The predicted molar refractivity (Wildman–Crippen MR) is 106 cm³/mol. The summed E-state index contributed by atoms with van der Waals surface area (Å²) in [5, 5.41) is 6.11. The Kier molecular flexibility index (Phi) is 4.95. The molecule has 0 bridgehead atoms. The van der Waals surface area contributed by atoms with Crippen molar-refractivity contribution in [1.82, 2.24) is 9.97 Å². The van der Waals surface area contributed by atoms with E-state index in [1.807, 2.05) is 18.9 Å². The molecular formula is C20H22F3N5O2. The molecular weight excluding hydrogens is 399 g/mol. The van der Waals surface area contributed by atoms with Gasteiger partial charge < -0.3 is 20.3 Å². The van der Waals surface area contributed by atoms with E-state index >= 15 is 0 Å². The number of aryl methyl sites for hydroxylation is 1. The van der Waals surface area contributed by atoms with Crippen LogP contribution < -0.4 is 20.3 Å². The highest BCUT2D eigenvalue weighted by molar-refractivity contribution is 6.03. The van der Waals surface area contributed by atoms with Crippen molar-refractivity contribution >= 4 is 23.4 Å². The number of hydrogen-bond donors (Lipinski definition) is 2. The van der Waals surface area contributed by atoms with Crippen LogP contribution in [-0.4, -0.2) is 41.1 Å². The Morgan fingerprint density at radius 2 is 1.87 bits per heavy atom. The molecule has 2 heterocycles. The quantitative estimate of drug-likeness (QED) is 0.785. The molecule has 2 aliphatic rings. The number of likely N-dealkylation sites (N-methyl/N-ethyl adjacent to an activating group) is 1. The van der Waals surface area contributed by atoms with E-state index in [1.54, 1.807) is 6.92 Å². The Hall–Kier alpha value is -3.04. The molecule has 1 saturated carbocycles. The number of carbonyl (C=O) groups is 1. The second-order valence-electron chi connectivity index (χ2n) is 7.68. The summed E-state index contributed by atoms with van der Waals surface area (Å²) >= 11 is 0. The van der Waals surface area contributed by atoms with E-state index in [-0.39, 0.29) is 24.1 Å². The number of fused-ring (bicyclic) bond motifs is 1. The molecule has 30 heavy (non-hydrogen) atoms. The number of carbonyl (C=O) groups excluding carboxylic acids is 1. The van der Waals surface area contributed by atoms with Crippen LogP contribution in [-0.2, 0) is 11.0 Å². The van der Waals surface area contributed by atoms with Crippen LogP contribution in [0.15, 0.2) is 24.3 Å². The fraction of sp³-hybridized carbons (Fsp3) is 0.450. The normalized spacial score (nSPS) is 23.3. The van der Waals surface area contributed by atoms with Crippen molar-refractivity contribution in [3.63, 3.8) is 0 Å². The average Bonchev–Trinajstić information content (AvgIpc) is 2.65. The average molecular weight is 421 g/mol. The summed E-state index contributed by atoms with van der Waals surface area (Å²) in [7, 11) is 1.82. The molecule has 2 aromatic rings. The second-order valence-corrected chi connectivity index (χ2v) is 7.68. The van der Waals surface area contributed by atoms with Crippen molar-refractivity contribution in [2.24, 2.45) is 0 Å². The standard InChI is InChI=1S/C20H22F3N5O2/c1-10-16-17(28(3)11(2)18(29)26-16)27-19(24-10)25-13-8-15(9-13)30-14-6-4-12(5-7-14)20(21,22)23/h4-7,11,13,15H,8-9H2,1-3H3,(H,26,29)(H,24,25,27)/t11-,13?,15?/m0/s1. The monoisotopic (exact) mass is 421 g/mol. The first-order valence-electron chi connectivity index (χ1n) is 9.64. The van der Waals surface area contributed by atoms with E-state index in [0.29, 0.717) is 41.7 Å². The minimum absolute atomic E-state index is 0.0834. The zero-order valence-electron chi connectivity index (χ0n) is 16.7. The van der Waals surface area contributed by atoms with Gasteiger partial charge in [-0.05, 0) is 38.1 Å². The van der Waals surface area contributed by atoms with Crippen molar-refractivity contribution in [3.05, 3.63) is 35.5 Å². The number of benzene rings is 1. The maximum absolute atomic E-state index is 12.6. The van der Waals surface area contributed by atoms with E-state index < -0.39 is 11.7 Å². The van der Waals surface area contributed by atoms with E-state index in [1.165, 1.54) is 12.1 Å². The number of rotatable bonds is 4. The third-order valence-corrected chi connectivity index (χ3v) is 5.53. The predicted octanol–water partition coefficient (Wildman–Crippen LogP) is 3.60.